The van der Waals surface area contributed by atoms with Gasteiger partial charge >= 0.3 is 12.2 Å². The molecule has 0 bridgehead atoms. The minimum atomic E-state index is -0.570. The summed E-state index contributed by atoms with van der Waals surface area (Å²) in [4.78, 5) is 27.9. The smallest absolute Gasteiger partial charge is 0.414 e. The number of amides is 2. The van der Waals surface area contributed by atoms with Gasteiger partial charge in [-0.1, -0.05) is 0 Å². The zero-order valence-electron chi connectivity index (χ0n) is 15.9. The summed E-state index contributed by atoms with van der Waals surface area (Å²) < 4.78 is 17.8. The highest BCUT2D eigenvalue weighted by molar-refractivity contribution is 5.89. The zero-order valence-corrected chi connectivity index (χ0v) is 15.9. The first-order valence-corrected chi connectivity index (χ1v) is 8.71. The van der Waals surface area contributed by atoms with Crippen LogP contribution in [0.4, 0.5) is 15.3 Å². The molecule has 0 aromatic carbocycles. The van der Waals surface area contributed by atoms with Gasteiger partial charge in [-0.25, -0.2) is 9.59 Å². The Labute approximate surface area is 152 Å². The van der Waals surface area contributed by atoms with Crippen molar-refractivity contribution >= 4 is 17.9 Å². The lowest BCUT2D eigenvalue weighted by Gasteiger charge is -2.37. The van der Waals surface area contributed by atoms with Crippen LogP contribution in [-0.2, 0) is 27.3 Å². The van der Waals surface area contributed by atoms with E-state index in [9.17, 15) is 9.59 Å². The van der Waals surface area contributed by atoms with Crippen molar-refractivity contribution in [2.45, 2.75) is 58.5 Å². The second kappa shape index (κ2) is 6.79. The summed E-state index contributed by atoms with van der Waals surface area (Å²) in [6.07, 6.45) is 0.628. The fraction of sp³-hybridized carbons (Fsp3) is 0.706. The SMILES string of the molecule is CO[C@@H]1COC(=O)N(c2cnn3c2CN(C(=O)OC(C)(C)C)[C@@H](C)C3)C1. The predicted octanol–water partition coefficient (Wildman–Crippen LogP) is 1.99. The van der Waals surface area contributed by atoms with Crippen LogP contribution in [0.3, 0.4) is 0 Å². The van der Waals surface area contributed by atoms with Crippen molar-refractivity contribution in [3.63, 3.8) is 0 Å². The number of nitrogens with zero attached hydrogens (tertiary/aromatic N) is 4. The molecule has 0 spiro atoms. The Balaban J connectivity index is 1.84. The van der Waals surface area contributed by atoms with Gasteiger partial charge in [-0.15, -0.1) is 0 Å². The first-order chi connectivity index (χ1) is 12.2. The van der Waals surface area contributed by atoms with Gasteiger partial charge in [0.25, 0.3) is 0 Å². The van der Waals surface area contributed by atoms with E-state index in [1.54, 1.807) is 18.2 Å². The molecule has 2 atom stereocenters. The summed E-state index contributed by atoms with van der Waals surface area (Å²) in [5.41, 5.74) is 0.847. The van der Waals surface area contributed by atoms with Crippen LogP contribution >= 0.6 is 0 Å². The number of fused-ring (bicyclic) bond motifs is 1. The maximum Gasteiger partial charge on any atom is 0.414 e. The highest BCUT2D eigenvalue weighted by Gasteiger charge is 2.36. The summed E-state index contributed by atoms with van der Waals surface area (Å²) >= 11 is 0. The van der Waals surface area contributed by atoms with Gasteiger partial charge in [0.05, 0.1) is 43.3 Å². The number of anilines is 1. The fourth-order valence-electron chi connectivity index (χ4n) is 3.09. The Hall–Kier alpha value is -2.29. The van der Waals surface area contributed by atoms with Gasteiger partial charge in [0.15, 0.2) is 0 Å². The van der Waals surface area contributed by atoms with Crippen LogP contribution in [0.25, 0.3) is 0 Å². The molecule has 0 radical (unpaired) electrons. The quantitative estimate of drug-likeness (QED) is 0.796. The maximum absolute atomic E-state index is 12.6. The van der Waals surface area contributed by atoms with E-state index in [0.717, 1.165) is 5.69 Å². The lowest BCUT2D eigenvalue weighted by Crippen LogP contribution is -2.49. The summed E-state index contributed by atoms with van der Waals surface area (Å²) in [6.45, 7) is 8.92. The van der Waals surface area contributed by atoms with E-state index in [2.05, 4.69) is 5.10 Å². The average molecular weight is 366 g/mol. The molecule has 3 heterocycles. The van der Waals surface area contributed by atoms with Crippen LogP contribution in [0.15, 0.2) is 6.20 Å². The minimum Gasteiger partial charge on any atom is -0.446 e. The Morgan fingerprint density at radius 3 is 2.73 bits per heavy atom. The minimum absolute atomic E-state index is 0.0647. The maximum atomic E-state index is 12.6. The van der Waals surface area contributed by atoms with Crippen LogP contribution < -0.4 is 4.90 Å². The highest BCUT2D eigenvalue weighted by Crippen LogP contribution is 2.30. The fourth-order valence-corrected chi connectivity index (χ4v) is 3.09. The van der Waals surface area contributed by atoms with E-state index in [0.29, 0.717) is 25.3 Å². The van der Waals surface area contributed by atoms with E-state index in [-0.39, 0.29) is 24.8 Å². The summed E-state index contributed by atoms with van der Waals surface area (Å²) in [5.74, 6) is 0. The molecule has 2 amide bonds. The molecular weight excluding hydrogens is 340 g/mol. The number of aromatic nitrogens is 2. The number of hydrogen-bond acceptors (Lipinski definition) is 6. The third-order valence-corrected chi connectivity index (χ3v) is 4.47. The molecule has 0 saturated carbocycles. The first-order valence-electron chi connectivity index (χ1n) is 8.71. The zero-order chi connectivity index (χ0) is 19.1. The molecule has 1 aromatic rings. The van der Waals surface area contributed by atoms with E-state index in [1.165, 1.54) is 4.90 Å². The van der Waals surface area contributed by atoms with E-state index in [4.69, 9.17) is 14.2 Å². The average Bonchev–Trinajstić information content (AvgIpc) is 2.95. The lowest BCUT2D eigenvalue weighted by atomic mass is 10.1. The standard InChI is InChI=1S/C17H26N4O5/c1-11-7-21-14(9-19(11)16(23)26-17(2,3)4)13(6-18-21)20-8-12(24-5)10-25-15(20)22/h6,11-12H,7-10H2,1-5H3/t11-,12-/m0/s1. The Bertz CT molecular complexity index is 696. The Morgan fingerprint density at radius 1 is 1.35 bits per heavy atom. The molecular formula is C17H26N4O5. The van der Waals surface area contributed by atoms with Crippen LogP contribution in [0.5, 0.6) is 0 Å². The largest absolute Gasteiger partial charge is 0.446 e. The second-order valence-corrected chi connectivity index (χ2v) is 7.66. The van der Waals surface area contributed by atoms with E-state index in [1.807, 2.05) is 32.4 Å². The number of ether oxygens (including phenoxy) is 3. The first kappa shape index (κ1) is 18.5. The van der Waals surface area contributed by atoms with Gasteiger partial charge < -0.3 is 14.2 Å². The van der Waals surface area contributed by atoms with Gasteiger partial charge in [-0.3, -0.25) is 14.5 Å². The molecule has 2 aliphatic rings. The molecule has 1 fully saturated rings. The number of methoxy groups -OCH3 is 1. The van der Waals surface area contributed by atoms with Gasteiger partial charge in [-0.2, -0.15) is 5.10 Å². The number of cyclic esters (lactones) is 1. The second-order valence-electron chi connectivity index (χ2n) is 7.66. The molecule has 1 aromatic heterocycles. The van der Waals surface area contributed by atoms with Gasteiger partial charge in [0.2, 0.25) is 0 Å². The van der Waals surface area contributed by atoms with Crippen molar-refractivity contribution in [2.75, 3.05) is 25.2 Å². The third-order valence-electron chi connectivity index (χ3n) is 4.47. The summed E-state index contributed by atoms with van der Waals surface area (Å²) in [6, 6.07) is -0.0647. The third kappa shape index (κ3) is 3.62. The molecule has 9 heteroatoms. The molecule has 0 unspecified atom stereocenters. The Kier molecular flexibility index (Phi) is 4.83. The molecule has 26 heavy (non-hydrogen) atoms. The van der Waals surface area contributed by atoms with Crippen LogP contribution in [0, 0.1) is 0 Å². The van der Waals surface area contributed by atoms with Gasteiger partial charge in [0, 0.05) is 7.11 Å². The molecule has 1 saturated heterocycles. The van der Waals surface area contributed by atoms with Crippen molar-refractivity contribution in [1.82, 2.24) is 14.7 Å². The Morgan fingerprint density at radius 2 is 2.08 bits per heavy atom. The molecule has 144 valence electrons. The van der Waals surface area contributed by atoms with Crippen molar-refractivity contribution in [2.24, 2.45) is 0 Å². The van der Waals surface area contributed by atoms with Gasteiger partial charge in [-0.05, 0) is 27.7 Å². The molecule has 0 aliphatic carbocycles. The number of hydrogen-bond donors (Lipinski definition) is 0. The lowest BCUT2D eigenvalue weighted by molar-refractivity contribution is 0.00898. The topological polar surface area (TPSA) is 86.1 Å². The summed E-state index contributed by atoms with van der Waals surface area (Å²) in [5, 5.41) is 4.38. The van der Waals surface area contributed by atoms with E-state index >= 15 is 0 Å². The van der Waals surface area contributed by atoms with Crippen LogP contribution in [0.2, 0.25) is 0 Å². The number of carbonyl (C=O) groups excluding carboxylic acids is 2. The molecule has 0 N–H and O–H groups in total. The van der Waals surface area contributed by atoms with Gasteiger partial charge in [0.1, 0.15) is 18.3 Å². The highest BCUT2D eigenvalue weighted by atomic mass is 16.6. The van der Waals surface area contributed by atoms with Crippen molar-refractivity contribution in [3.05, 3.63) is 11.9 Å². The molecule has 3 rings (SSSR count). The van der Waals surface area contributed by atoms with Crippen molar-refractivity contribution in [3.8, 4) is 0 Å². The molecule has 2 aliphatic heterocycles. The van der Waals surface area contributed by atoms with Crippen LogP contribution in [0.1, 0.15) is 33.4 Å². The molecule has 9 nitrogen and oxygen atoms in total. The number of rotatable bonds is 2. The number of carbonyl (C=O) groups is 2. The van der Waals surface area contributed by atoms with E-state index < -0.39 is 11.7 Å². The van der Waals surface area contributed by atoms with Crippen molar-refractivity contribution in [1.29, 1.82) is 0 Å². The van der Waals surface area contributed by atoms with Crippen LogP contribution in [-0.4, -0.2) is 64.9 Å². The monoisotopic (exact) mass is 366 g/mol. The predicted molar refractivity (Wildman–Crippen MR) is 93.0 cm³/mol. The normalized spacial score (nSPS) is 23.5. The summed E-state index contributed by atoms with van der Waals surface area (Å²) in [7, 11) is 1.58. The van der Waals surface area contributed by atoms with Crippen molar-refractivity contribution < 1.29 is 23.8 Å².